The first-order valence-corrected chi connectivity index (χ1v) is 22.6. The van der Waals surface area contributed by atoms with Gasteiger partial charge in [-0.05, 0) is 144 Å². The van der Waals surface area contributed by atoms with E-state index >= 15 is 0 Å². The Balaban J connectivity index is 0.962. The lowest BCUT2D eigenvalue weighted by Crippen LogP contribution is -2.55. The Hall–Kier alpha value is -6.97. The minimum absolute atomic E-state index is 0.127. The highest BCUT2D eigenvalue weighted by molar-refractivity contribution is 6.25. The largest absolute Gasteiger partial charge is 0.208 e. The zero-order chi connectivity index (χ0) is 40.5. The maximum atomic E-state index is 5.37. The number of nitrogens with zero attached hydrogens (tertiary/aromatic N) is 3. The minimum atomic E-state index is 0.127. The van der Waals surface area contributed by atoms with Crippen LogP contribution in [-0.2, 0) is 5.41 Å². The zero-order valence-electron chi connectivity index (χ0n) is 34.4. The molecule has 0 amide bonds. The van der Waals surface area contributed by atoms with Crippen molar-refractivity contribution >= 4 is 43.1 Å². The smallest absolute Gasteiger partial charge is 0.164 e. The molecular formula is C59H43N3. The summed E-state index contributed by atoms with van der Waals surface area (Å²) in [5.74, 6) is 5.30. The van der Waals surface area contributed by atoms with E-state index in [1.165, 1.54) is 92.1 Å². The van der Waals surface area contributed by atoms with Crippen LogP contribution in [0.15, 0.2) is 176 Å². The molecular weight excluding hydrogens is 751 g/mol. The summed E-state index contributed by atoms with van der Waals surface area (Å²) in [6, 6.07) is 64.7. The van der Waals surface area contributed by atoms with E-state index in [2.05, 4.69) is 170 Å². The molecule has 15 rings (SSSR count). The molecule has 1 spiro atoms. The molecule has 10 aromatic rings. The van der Waals surface area contributed by atoms with Crippen LogP contribution in [0.4, 0.5) is 0 Å². The molecule has 0 atom stereocenters. The molecule has 1 aromatic heterocycles. The molecule has 62 heavy (non-hydrogen) atoms. The van der Waals surface area contributed by atoms with Crippen molar-refractivity contribution in [3.05, 3.63) is 187 Å². The third kappa shape index (κ3) is 4.79. The third-order valence-corrected chi connectivity index (χ3v) is 15.7. The molecule has 0 aliphatic heterocycles. The van der Waals surface area contributed by atoms with E-state index in [1.54, 1.807) is 11.1 Å². The standard InChI is InChI=1S/C59H43N3/c1-2-13-37(14-3-1)56-60-57(38-25-26-48-43-17-5-4-15-41(43)42-16-7-9-20-46(42)52(48)34-38)62-58(61-56)50-28-27-47(44-18-6-8-19-45(44)50)49-22-12-24-54-55(49)51-21-10-11-23-53(51)59(54)39-30-35-29-36(32-39)33-40(59)31-35/h1-28,34-36,39-40H,29-33H2. The summed E-state index contributed by atoms with van der Waals surface area (Å²) >= 11 is 0. The summed E-state index contributed by atoms with van der Waals surface area (Å²) in [6.45, 7) is 0. The van der Waals surface area contributed by atoms with Crippen molar-refractivity contribution in [2.75, 3.05) is 0 Å². The quantitative estimate of drug-likeness (QED) is 0.167. The summed E-state index contributed by atoms with van der Waals surface area (Å²) in [4.78, 5) is 15.8. The van der Waals surface area contributed by atoms with Gasteiger partial charge in [0.2, 0.25) is 0 Å². The minimum Gasteiger partial charge on any atom is -0.208 e. The van der Waals surface area contributed by atoms with Gasteiger partial charge < -0.3 is 0 Å². The monoisotopic (exact) mass is 793 g/mol. The van der Waals surface area contributed by atoms with Crippen molar-refractivity contribution in [1.82, 2.24) is 15.0 Å². The molecule has 9 aromatic carbocycles. The van der Waals surface area contributed by atoms with E-state index in [-0.39, 0.29) is 5.41 Å². The number of fused-ring (bicyclic) bond motifs is 10. The number of rotatable bonds is 4. The van der Waals surface area contributed by atoms with Gasteiger partial charge in [-0.1, -0.05) is 164 Å². The van der Waals surface area contributed by atoms with Gasteiger partial charge in [-0.2, -0.15) is 0 Å². The van der Waals surface area contributed by atoms with Crippen molar-refractivity contribution in [3.63, 3.8) is 0 Å². The van der Waals surface area contributed by atoms with E-state index in [0.29, 0.717) is 17.5 Å². The fourth-order valence-electron chi connectivity index (χ4n) is 13.5. The Morgan fingerprint density at radius 1 is 0.323 bits per heavy atom. The van der Waals surface area contributed by atoms with Gasteiger partial charge in [-0.3, -0.25) is 0 Å². The van der Waals surface area contributed by atoms with E-state index in [4.69, 9.17) is 15.0 Å². The summed E-state index contributed by atoms with van der Waals surface area (Å²) in [7, 11) is 0. The maximum Gasteiger partial charge on any atom is 0.164 e. The Bertz CT molecular complexity index is 3430. The normalized spacial score (nSPS) is 21.9. The second-order valence-corrected chi connectivity index (χ2v) is 18.7. The molecule has 3 nitrogen and oxygen atoms in total. The first-order valence-electron chi connectivity index (χ1n) is 22.6. The van der Waals surface area contributed by atoms with Crippen LogP contribution >= 0.6 is 0 Å². The van der Waals surface area contributed by atoms with Crippen molar-refractivity contribution in [2.24, 2.45) is 23.7 Å². The first kappa shape index (κ1) is 34.7. The number of hydrogen-bond donors (Lipinski definition) is 0. The summed E-state index contributed by atoms with van der Waals surface area (Å²) < 4.78 is 0. The lowest BCUT2D eigenvalue weighted by atomic mass is 9.43. The Morgan fingerprint density at radius 3 is 1.52 bits per heavy atom. The van der Waals surface area contributed by atoms with Gasteiger partial charge in [0, 0.05) is 22.1 Å². The van der Waals surface area contributed by atoms with Crippen molar-refractivity contribution in [1.29, 1.82) is 0 Å². The van der Waals surface area contributed by atoms with E-state index in [0.717, 1.165) is 45.7 Å². The fraction of sp³-hybridized carbons (Fsp3) is 0.169. The van der Waals surface area contributed by atoms with Gasteiger partial charge in [0.1, 0.15) is 0 Å². The molecule has 5 aliphatic rings. The highest BCUT2D eigenvalue weighted by atomic mass is 15.0. The molecule has 4 bridgehead atoms. The first-order chi connectivity index (χ1) is 30.7. The average molecular weight is 794 g/mol. The number of hydrogen-bond acceptors (Lipinski definition) is 3. The second kappa shape index (κ2) is 13.0. The molecule has 294 valence electrons. The van der Waals surface area contributed by atoms with Gasteiger partial charge in [-0.25, -0.2) is 15.0 Å². The van der Waals surface area contributed by atoms with Crippen LogP contribution in [0.25, 0.3) is 99.5 Å². The SMILES string of the molecule is c1ccc(-c2nc(-c3ccc4c5ccccc5c5ccccc5c4c3)nc(-c3ccc(-c4cccc5c4-c4ccccc4C54C5CC6CC(C5)CC4C6)c4ccccc34)n2)cc1. The van der Waals surface area contributed by atoms with Crippen LogP contribution in [0.1, 0.15) is 43.2 Å². The zero-order valence-corrected chi connectivity index (χ0v) is 34.4. The van der Waals surface area contributed by atoms with E-state index in [1.807, 2.05) is 6.07 Å². The molecule has 5 aliphatic carbocycles. The van der Waals surface area contributed by atoms with Crippen LogP contribution in [-0.4, -0.2) is 15.0 Å². The predicted molar refractivity (Wildman–Crippen MR) is 255 cm³/mol. The molecule has 4 fully saturated rings. The lowest BCUT2D eigenvalue weighted by Gasteiger charge is -2.61. The molecule has 0 radical (unpaired) electrons. The van der Waals surface area contributed by atoms with Crippen LogP contribution in [0.2, 0.25) is 0 Å². The molecule has 0 unspecified atom stereocenters. The number of aromatic nitrogens is 3. The highest BCUT2D eigenvalue weighted by Gasteiger charge is 2.61. The molecule has 0 saturated heterocycles. The van der Waals surface area contributed by atoms with Crippen LogP contribution in [0.5, 0.6) is 0 Å². The van der Waals surface area contributed by atoms with Crippen LogP contribution < -0.4 is 0 Å². The van der Waals surface area contributed by atoms with Gasteiger partial charge >= 0.3 is 0 Å². The van der Waals surface area contributed by atoms with Crippen LogP contribution in [0.3, 0.4) is 0 Å². The van der Waals surface area contributed by atoms with Gasteiger partial charge in [0.05, 0.1) is 0 Å². The molecule has 0 N–H and O–H groups in total. The van der Waals surface area contributed by atoms with Gasteiger partial charge in [0.25, 0.3) is 0 Å². The summed E-state index contributed by atoms with van der Waals surface area (Å²) in [5, 5.41) is 9.78. The Labute approximate surface area is 361 Å². The Kier molecular flexibility index (Phi) is 7.29. The van der Waals surface area contributed by atoms with Crippen molar-refractivity contribution < 1.29 is 0 Å². The average Bonchev–Trinajstić information content (AvgIpc) is 3.63. The van der Waals surface area contributed by atoms with Gasteiger partial charge in [-0.15, -0.1) is 0 Å². The van der Waals surface area contributed by atoms with Crippen LogP contribution in [0, 0.1) is 23.7 Å². The predicted octanol–water partition coefficient (Wildman–Crippen LogP) is 14.9. The van der Waals surface area contributed by atoms with Crippen molar-refractivity contribution in [2.45, 2.75) is 37.5 Å². The highest BCUT2D eigenvalue weighted by Crippen LogP contribution is 2.70. The molecule has 1 heterocycles. The topological polar surface area (TPSA) is 38.7 Å². The lowest BCUT2D eigenvalue weighted by molar-refractivity contribution is -0.0399. The second-order valence-electron chi connectivity index (χ2n) is 18.7. The van der Waals surface area contributed by atoms with E-state index in [9.17, 15) is 0 Å². The maximum absolute atomic E-state index is 5.37. The molecule has 3 heteroatoms. The Morgan fingerprint density at radius 2 is 0.823 bits per heavy atom. The van der Waals surface area contributed by atoms with Gasteiger partial charge in [0.15, 0.2) is 17.5 Å². The number of benzene rings is 9. The van der Waals surface area contributed by atoms with Crippen molar-refractivity contribution in [3.8, 4) is 56.4 Å². The summed E-state index contributed by atoms with van der Waals surface area (Å²) in [5.41, 5.74) is 11.8. The summed E-state index contributed by atoms with van der Waals surface area (Å²) in [6.07, 6.45) is 6.99. The third-order valence-electron chi connectivity index (χ3n) is 15.7. The van der Waals surface area contributed by atoms with E-state index < -0.39 is 0 Å². The fourth-order valence-corrected chi connectivity index (χ4v) is 13.5. The molecule has 4 saturated carbocycles.